The number of hydrogen-bond donors (Lipinski definition) is 2. The Morgan fingerprint density at radius 1 is 1.19 bits per heavy atom. The summed E-state index contributed by atoms with van der Waals surface area (Å²) in [6.45, 7) is 2.33. The molecule has 0 aliphatic heterocycles. The zero-order valence-electron chi connectivity index (χ0n) is 11.6. The van der Waals surface area contributed by atoms with Gasteiger partial charge >= 0.3 is 0 Å². The van der Waals surface area contributed by atoms with Crippen LogP contribution in [0.25, 0.3) is 0 Å². The monoisotopic (exact) mass is 324 g/mol. The lowest BCUT2D eigenvalue weighted by atomic mass is 10.1. The number of aryl methyl sites for hydroxylation is 1. The Labute approximate surface area is 130 Å². The van der Waals surface area contributed by atoms with Crippen LogP contribution in [0.1, 0.15) is 11.1 Å². The molecule has 0 unspecified atom stereocenters. The van der Waals surface area contributed by atoms with Crippen LogP contribution in [0.3, 0.4) is 0 Å². The summed E-state index contributed by atoms with van der Waals surface area (Å²) in [6, 6.07) is 12.2. The molecule has 4 nitrogen and oxygen atoms in total. The van der Waals surface area contributed by atoms with Crippen molar-refractivity contribution < 1.29 is 8.42 Å². The lowest BCUT2D eigenvalue weighted by Crippen LogP contribution is -2.26. The molecule has 21 heavy (non-hydrogen) atoms. The third-order valence-electron chi connectivity index (χ3n) is 3.23. The van der Waals surface area contributed by atoms with Gasteiger partial charge in [-0.15, -0.1) is 0 Å². The molecule has 0 heterocycles. The summed E-state index contributed by atoms with van der Waals surface area (Å²) in [5.74, 6) is 0. The average molecular weight is 325 g/mol. The number of nitrogens with two attached hydrogens (primary N) is 1. The van der Waals surface area contributed by atoms with Gasteiger partial charge in [0.15, 0.2) is 0 Å². The van der Waals surface area contributed by atoms with E-state index < -0.39 is 10.0 Å². The minimum absolute atomic E-state index is 0.120. The molecule has 2 aromatic carbocycles. The Morgan fingerprint density at radius 2 is 1.90 bits per heavy atom. The summed E-state index contributed by atoms with van der Waals surface area (Å²) in [6.07, 6.45) is 0.634. The topological polar surface area (TPSA) is 72.2 Å². The highest BCUT2D eigenvalue weighted by Crippen LogP contribution is 2.22. The molecule has 2 aromatic rings. The number of hydrogen-bond acceptors (Lipinski definition) is 3. The van der Waals surface area contributed by atoms with Crippen molar-refractivity contribution in [3.05, 3.63) is 58.6 Å². The fraction of sp³-hybridized carbons (Fsp3) is 0.200. The lowest BCUT2D eigenvalue weighted by molar-refractivity contribution is 0.581. The molecule has 3 N–H and O–H groups in total. The normalized spacial score (nSPS) is 11.5. The van der Waals surface area contributed by atoms with Crippen LogP contribution in [-0.2, 0) is 16.4 Å². The number of nitrogens with one attached hydrogen (secondary N) is 1. The average Bonchev–Trinajstić information content (AvgIpc) is 2.44. The van der Waals surface area contributed by atoms with Crippen molar-refractivity contribution in [3.63, 3.8) is 0 Å². The van der Waals surface area contributed by atoms with Gasteiger partial charge in [0.1, 0.15) is 0 Å². The Bertz CT molecular complexity index is 745. The Hall–Kier alpha value is -1.56. The van der Waals surface area contributed by atoms with Gasteiger partial charge in [0, 0.05) is 6.54 Å². The van der Waals surface area contributed by atoms with Gasteiger partial charge in [-0.3, -0.25) is 0 Å². The van der Waals surface area contributed by atoms with Crippen molar-refractivity contribution in [1.29, 1.82) is 0 Å². The maximum absolute atomic E-state index is 12.2. The van der Waals surface area contributed by atoms with E-state index in [0.717, 1.165) is 11.1 Å². The van der Waals surface area contributed by atoms with Crippen LogP contribution in [0.2, 0.25) is 5.02 Å². The second kappa shape index (κ2) is 6.47. The van der Waals surface area contributed by atoms with Crippen molar-refractivity contribution in [2.24, 2.45) is 0 Å². The van der Waals surface area contributed by atoms with Crippen LogP contribution in [0.15, 0.2) is 47.4 Å². The van der Waals surface area contributed by atoms with E-state index in [1.807, 2.05) is 31.2 Å². The summed E-state index contributed by atoms with van der Waals surface area (Å²) in [5, 5.41) is 0.342. The molecular formula is C15H17ClN2O2S. The first-order valence-electron chi connectivity index (χ1n) is 6.49. The molecule has 0 radical (unpaired) electrons. The predicted molar refractivity (Wildman–Crippen MR) is 85.9 cm³/mol. The van der Waals surface area contributed by atoms with E-state index in [4.69, 9.17) is 17.3 Å². The van der Waals surface area contributed by atoms with Crippen molar-refractivity contribution in [2.75, 3.05) is 12.3 Å². The second-order valence-electron chi connectivity index (χ2n) is 4.76. The molecule has 0 aliphatic carbocycles. The molecule has 0 saturated carbocycles. The maximum Gasteiger partial charge on any atom is 0.240 e. The van der Waals surface area contributed by atoms with Crippen LogP contribution < -0.4 is 10.5 Å². The summed E-state index contributed by atoms with van der Waals surface area (Å²) in [4.78, 5) is 0.120. The van der Waals surface area contributed by atoms with E-state index in [2.05, 4.69) is 4.72 Å². The minimum Gasteiger partial charge on any atom is -0.397 e. The highest BCUT2D eigenvalue weighted by atomic mass is 35.5. The summed E-state index contributed by atoms with van der Waals surface area (Å²) >= 11 is 5.79. The fourth-order valence-corrected chi connectivity index (χ4v) is 3.17. The van der Waals surface area contributed by atoms with E-state index in [0.29, 0.717) is 18.0 Å². The Morgan fingerprint density at radius 3 is 2.57 bits per heavy atom. The van der Waals surface area contributed by atoms with Gasteiger partial charge in [-0.2, -0.15) is 0 Å². The predicted octanol–water partition coefficient (Wildman–Crippen LogP) is 2.75. The number of anilines is 1. The lowest BCUT2D eigenvalue weighted by Gasteiger charge is -2.09. The van der Waals surface area contributed by atoms with Gasteiger partial charge < -0.3 is 5.73 Å². The molecule has 6 heteroatoms. The largest absolute Gasteiger partial charge is 0.397 e. The van der Waals surface area contributed by atoms with Crippen LogP contribution >= 0.6 is 11.6 Å². The zero-order valence-corrected chi connectivity index (χ0v) is 13.2. The number of rotatable bonds is 5. The van der Waals surface area contributed by atoms with E-state index in [-0.39, 0.29) is 10.6 Å². The molecule has 0 saturated heterocycles. The Balaban J connectivity index is 2.05. The first-order valence-corrected chi connectivity index (χ1v) is 8.35. The molecule has 0 aliphatic rings. The SMILES string of the molecule is Cc1ccccc1CCNS(=O)(=O)c1ccc(Cl)c(N)c1. The van der Waals surface area contributed by atoms with Crippen LogP contribution in [-0.4, -0.2) is 15.0 Å². The number of halogens is 1. The number of nitrogen functional groups attached to an aromatic ring is 1. The Kier molecular flexibility index (Phi) is 4.88. The van der Waals surface area contributed by atoms with E-state index in [1.165, 1.54) is 18.2 Å². The molecule has 0 aromatic heterocycles. The highest BCUT2D eigenvalue weighted by Gasteiger charge is 2.14. The standard InChI is InChI=1S/C15H17ClN2O2S/c1-11-4-2-3-5-12(11)8-9-18-21(19,20)13-6-7-14(16)15(17)10-13/h2-7,10,18H,8-9,17H2,1H3. The summed E-state index contributed by atoms with van der Waals surface area (Å²) in [5.41, 5.74) is 8.15. The molecule has 0 spiro atoms. The third kappa shape index (κ3) is 3.97. The van der Waals surface area contributed by atoms with Gasteiger partial charge in [0.05, 0.1) is 15.6 Å². The van der Waals surface area contributed by atoms with Gasteiger partial charge in [-0.05, 0) is 42.7 Å². The number of benzene rings is 2. The van der Waals surface area contributed by atoms with E-state index in [1.54, 1.807) is 0 Å². The van der Waals surface area contributed by atoms with Crippen LogP contribution in [0, 0.1) is 6.92 Å². The molecule has 0 bridgehead atoms. The van der Waals surface area contributed by atoms with Gasteiger partial charge in [0.2, 0.25) is 10.0 Å². The molecule has 0 amide bonds. The molecule has 112 valence electrons. The van der Waals surface area contributed by atoms with Crippen molar-refractivity contribution in [1.82, 2.24) is 4.72 Å². The minimum atomic E-state index is -3.57. The first-order chi connectivity index (χ1) is 9.90. The molecule has 0 atom stereocenters. The van der Waals surface area contributed by atoms with Crippen molar-refractivity contribution >= 4 is 27.3 Å². The van der Waals surface area contributed by atoms with Gasteiger partial charge in [-0.1, -0.05) is 35.9 Å². The number of sulfonamides is 1. The summed E-state index contributed by atoms with van der Waals surface area (Å²) in [7, 11) is -3.57. The summed E-state index contributed by atoms with van der Waals surface area (Å²) < 4.78 is 26.9. The molecule has 2 rings (SSSR count). The quantitative estimate of drug-likeness (QED) is 0.831. The third-order valence-corrected chi connectivity index (χ3v) is 5.03. The van der Waals surface area contributed by atoms with Gasteiger partial charge in [0.25, 0.3) is 0 Å². The smallest absolute Gasteiger partial charge is 0.240 e. The van der Waals surface area contributed by atoms with Gasteiger partial charge in [-0.25, -0.2) is 13.1 Å². The van der Waals surface area contributed by atoms with E-state index >= 15 is 0 Å². The second-order valence-corrected chi connectivity index (χ2v) is 6.93. The fourth-order valence-electron chi connectivity index (χ4n) is 1.98. The zero-order chi connectivity index (χ0) is 15.5. The van der Waals surface area contributed by atoms with E-state index in [9.17, 15) is 8.42 Å². The van der Waals surface area contributed by atoms with Crippen LogP contribution in [0.5, 0.6) is 0 Å². The molecule has 0 fully saturated rings. The van der Waals surface area contributed by atoms with Crippen LogP contribution in [0.4, 0.5) is 5.69 Å². The van der Waals surface area contributed by atoms with Crippen molar-refractivity contribution in [2.45, 2.75) is 18.2 Å². The maximum atomic E-state index is 12.2. The molecular weight excluding hydrogens is 308 g/mol. The first kappa shape index (κ1) is 15.8. The van der Waals surface area contributed by atoms with Crippen molar-refractivity contribution in [3.8, 4) is 0 Å². The highest BCUT2D eigenvalue weighted by molar-refractivity contribution is 7.89.